The van der Waals surface area contributed by atoms with E-state index in [1.165, 1.54) is 19.1 Å². The molecule has 4 nitrogen and oxygen atoms in total. The molecule has 0 spiro atoms. The summed E-state index contributed by atoms with van der Waals surface area (Å²) in [6, 6.07) is 4.39. The maximum atomic E-state index is 11.1. The standard InChI is InChI=1S/C11H14O4/c1-8(13)9-5-10(14)7-11(6-9)15-4-2-3-12/h5-7,12,14H,2-4H2,1H3. The SMILES string of the molecule is CC(=O)c1cc(O)cc(OCCCO)c1. The number of Topliss-reactive ketones (excluding diaryl/α,β-unsaturated/α-hetero) is 1. The molecule has 1 rings (SSSR count). The van der Waals surface area contributed by atoms with Crippen LogP contribution in [0.25, 0.3) is 0 Å². The lowest BCUT2D eigenvalue weighted by Gasteiger charge is -2.07. The summed E-state index contributed by atoms with van der Waals surface area (Å²) in [4.78, 5) is 11.1. The van der Waals surface area contributed by atoms with E-state index in [0.29, 0.717) is 24.3 Å². The molecule has 0 heterocycles. The number of hydrogen-bond donors (Lipinski definition) is 2. The number of aromatic hydroxyl groups is 1. The monoisotopic (exact) mass is 210 g/mol. The largest absolute Gasteiger partial charge is 0.508 e. The molecular weight excluding hydrogens is 196 g/mol. The summed E-state index contributed by atoms with van der Waals surface area (Å²) in [6.07, 6.45) is 0.519. The molecule has 2 N–H and O–H groups in total. The summed E-state index contributed by atoms with van der Waals surface area (Å²) in [6.45, 7) is 1.84. The van der Waals surface area contributed by atoms with E-state index in [1.54, 1.807) is 6.07 Å². The Morgan fingerprint density at radius 2 is 2.13 bits per heavy atom. The molecule has 0 fully saturated rings. The molecule has 0 atom stereocenters. The third kappa shape index (κ3) is 3.59. The van der Waals surface area contributed by atoms with Crippen LogP contribution in [0.1, 0.15) is 23.7 Å². The third-order valence-corrected chi connectivity index (χ3v) is 1.87. The van der Waals surface area contributed by atoms with Crippen LogP contribution in [0.3, 0.4) is 0 Å². The molecule has 0 aliphatic carbocycles. The summed E-state index contributed by atoms with van der Waals surface area (Å²) < 4.78 is 5.25. The number of aliphatic hydroxyl groups excluding tert-OH is 1. The van der Waals surface area contributed by atoms with E-state index in [4.69, 9.17) is 9.84 Å². The number of carbonyl (C=O) groups excluding carboxylic acids is 1. The van der Waals surface area contributed by atoms with Crippen molar-refractivity contribution in [1.29, 1.82) is 0 Å². The van der Waals surface area contributed by atoms with Crippen molar-refractivity contribution in [2.24, 2.45) is 0 Å². The highest BCUT2D eigenvalue weighted by atomic mass is 16.5. The van der Waals surface area contributed by atoms with Crippen molar-refractivity contribution in [2.75, 3.05) is 13.2 Å². The van der Waals surface area contributed by atoms with Crippen molar-refractivity contribution < 1.29 is 19.7 Å². The topological polar surface area (TPSA) is 66.8 Å². The Balaban J connectivity index is 2.75. The average Bonchev–Trinajstić information content (AvgIpc) is 2.17. The van der Waals surface area contributed by atoms with Crippen molar-refractivity contribution in [3.8, 4) is 11.5 Å². The quantitative estimate of drug-likeness (QED) is 0.568. The van der Waals surface area contributed by atoms with Gasteiger partial charge in [-0.05, 0) is 19.1 Å². The van der Waals surface area contributed by atoms with E-state index in [9.17, 15) is 9.90 Å². The van der Waals surface area contributed by atoms with Crippen LogP contribution in [0.4, 0.5) is 0 Å². The Hall–Kier alpha value is -1.55. The molecule has 0 saturated carbocycles. The van der Waals surface area contributed by atoms with Crippen LogP contribution in [-0.4, -0.2) is 29.2 Å². The minimum atomic E-state index is -0.127. The van der Waals surface area contributed by atoms with Crippen LogP contribution in [0.5, 0.6) is 11.5 Å². The van der Waals surface area contributed by atoms with Gasteiger partial charge in [0.1, 0.15) is 11.5 Å². The molecule has 0 bridgehead atoms. The van der Waals surface area contributed by atoms with Gasteiger partial charge in [-0.15, -0.1) is 0 Å². The summed E-state index contributed by atoms with van der Waals surface area (Å²) in [5.74, 6) is 0.313. The highest BCUT2D eigenvalue weighted by Crippen LogP contribution is 2.22. The Morgan fingerprint density at radius 1 is 1.40 bits per heavy atom. The summed E-state index contributed by atoms with van der Waals surface area (Å²) in [5.41, 5.74) is 0.411. The number of rotatable bonds is 5. The van der Waals surface area contributed by atoms with E-state index in [2.05, 4.69) is 0 Å². The Kier molecular flexibility index (Phi) is 4.12. The highest BCUT2D eigenvalue weighted by molar-refractivity contribution is 5.94. The molecule has 1 aromatic rings. The first-order valence-corrected chi connectivity index (χ1v) is 4.72. The van der Waals surface area contributed by atoms with E-state index >= 15 is 0 Å². The number of phenolic OH excluding ortho intramolecular Hbond substituents is 1. The lowest BCUT2D eigenvalue weighted by atomic mass is 10.1. The number of phenols is 1. The van der Waals surface area contributed by atoms with Gasteiger partial charge in [0, 0.05) is 24.7 Å². The Morgan fingerprint density at radius 3 is 2.73 bits per heavy atom. The van der Waals surface area contributed by atoms with Crippen LogP contribution < -0.4 is 4.74 Å². The van der Waals surface area contributed by atoms with E-state index in [-0.39, 0.29) is 18.1 Å². The van der Waals surface area contributed by atoms with Gasteiger partial charge in [-0.25, -0.2) is 0 Å². The second-order valence-electron chi connectivity index (χ2n) is 3.20. The first kappa shape index (κ1) is 11.5. The lowest BCUT2D eigenvalue weighted by molar-refractivity contribution is 0.101. The fraction of sp³-hybridized carbons (Fsp3) is 0.364. The second-order valence-corrected chi connectivity index (χ2v) is 3.20. The number of hydrogen-bond acceptors (Lipinski definition) is 4. The van der Waals surface area contributed by atoms with Gasteiger partial charge in [0.15, 0.2) is 5.78 Å². The number of benzene rings is 1. The highest BCUT2D eigenvalue weighted by Gasteiger charge is 2.04. The molecule has 82 valence electrons. The maximum Gasteiger partial charge on any atom is 0.160 e. The third-order valence-electron chi connectivity index (χ3n) is 1.87. The van der Waals surface area contributed by atoms with Crippen LogP contribution in [0.2, 0.25) is 0 Å². The first-order chi connectivity index (χ1) is 7.13. The number of carbonyl (C=O) groups is 1. The van der Waals surface area contributed by atoms with Crippen LogP contribution in [0, 0.1) is 0 Å². The minimum absolute atomic E-state index is 0.00157. The molecule has 0 amide bonds. The van der Waals surface area contributed by atoms with Gasteiger partial charge in [-0.1, -0.05) is 0 Å². The summed E-state index contributed by atoms with van der Waals surface area (Å²) in [7, 11) is 0. The van der Waals surface area contributed by atoms with Crippen molar-refractivity contribution in [3.63, 3.8) is 0 Å². The minimum Gasteiger partial charge on any atom is -0.508 e. The normalized spacial score (nSPS) is 10.0. The van der Waals surface area contributed by atoms with Crippen molar-refractivity contribution in [2.45, 2.75) is 13.3 Å². The van der Waals surface area contributed by atoms with Crippen LogP contribution >= 0.6 is 0 Å². The summed E-state index contributed by atoms with van der Waals surface area (Å²) >= 11 is 0. The smallest absolute Gasteiger partial charge is 0.160 e. The zero-order chi connectivity index (χ0) is 11.3. The van der Waals surface area contributed by atoms with Crippen LogP contribution in [-0.2, 0) is 0 Å². The molecule has 0 aliphatic rings. The number of ether oxygens (including phenoxy) is 1. The van der Waals surface area contributed by atoms with Gasteiger partial charge < -0.3 is 14.9 Å². The molecule has 0 saturated heterocycles. The fourth-order valence-corrected chi connectivity index (χ4v) is 1.12. The van der Waals surface area contributed by atoms with E-state index < -0.39 is 0 Å². The Bertz CT molecular complexity index is 346. The van der Waals surface area contributed by atoms with Gasteiger partial charge in [0.25, 0.3) is 0 Å². The molecular formula is C11H14O4. The van der Waals surface area contributed by atoms with Crippen molar-refractivity contribution >= 4 is 5.78 Å². The predicted molar refractivity (Wildman–Crippen MR) is 55.3 cm³/mol. The van der Waals surface area contributed by atoms with Gasteiger partial charge in [-0.2, -0.15) is 0 Å². The zero-order valence-electron chi connectivity index (χ0n) is 8.56. The van der Waals surface area contributed by atoms with E-state index in [0.717, 1.165) is 0 Å². The molecule has 4 heteroatoms. The molecule has 0 unspecified atom stereocenters. The number of ketones is 1. The first-order valence-electron chi connectivity index (χ1n) is 4.72. The number of aliphatic hydroxyl groups is 1. The average molecular weight is 210 g/mol. The second kappa shape index (κ2) is 5.36. The molecule has 0 aromatic heterocycles. The van der Waals surface area contributed by atoms with Gasteiger partial charge in [0.2, 0.25) is 0 Å². The van der Waals surface area contributed by atoms with Crippen LogP contribution in [0.15, 0.2) is 18.2 Å². The van der Waals surface area contributed by atoms with Crippen molar-refractivity contribution in [3.05, 3.63) is 23.8 Å². The zero-order valence-corrected chi connectivity index (χ0v) is 8.56. The molecule has 1 aromatic carbocycles. The van der Waals surface area contributed by atoms with Gasteiger partial charge >= 0.3 is 0 Å². The summed E-state index contributed by atoms with van der Waals surface area (Å²) in [5, 5.41) is 17.9. The predicted octanol–water partition coefficient (Wildman–Crippen LogP) is 1.36. The molecule has 0 aliphatic heterocycles. The van der Waals surface area contributed by atoms with E-state index in [1.807, 2.05) is 0 Å². The maximum absolute atomic E-state index is 11.1. The van der Waals surface area contributed by atoms with Gasteiger partial charge in [0.05, 0.1) is 6.61 Å². The molecule has 15 heavy (non-hydrogen) atoms. The Labute approximate surface area is 88.1 Å². The fourth-order valence-electron chi connectivity index (χ4n) is 1.12. The lowest BCUT2D eigenvalue weighted by Crippen LogP contribution is -2.01. The molecule has 0 radical (unpaired) electrons. The van der Waals surface area contributed by atoms with Gasteiger partial charge in [-0.3, -0.25) is 4.79 Å². The van der Waals surface area contributed by atoms with Crippen molar-refractivity contribution in [1.82, 2.24) is 0 Å².